The number of hydrogen-bond donors (Lipinski definition) is 1. The summed E-state index contributed by atoms with van der Waals surface area (Å²) in [5, 5.41) is 9.24. The van der Waals surface area contributed by atoms with Crippen molar-refractivity contribution in [1.29, 1.82) is 0 Å². The molecule has 2 aromatic carbocycles. The molecule has 1 N–H and O–H groups in total. The summed E-state index contributed by atoms with van der Waals surface area (Å²) in [6.07, 6.45) is -1.91. The Bertz CT molecular complexity index is 702. The molecule has 0 spiro atoms. The molecule has 0 aliphatic heterocycles. The first-order valence-corrected chi connectivity index (χ1v) is 8.59. The van der Waals surface area contributed by atoms with Crippen molar-refractivity contribution < 1.29 is 14.6 Å². The molecule has 134 valence electrons. The van der Waals surface area contributed by atoms with Gasteiger partial charge in [0.15, 0.2) is 6.10 Å². The smallest absolute Gasteiger partial charge is 0.450 e. The zero-order valence-corrected chi connectivity index (χ0v) is 16.0. The van der Waals surface area contributed by atoms with Crippen LogP contribution in [-0.4, -0.2) is 11.3 Å². The molecule has 25 heavy (non-hydrogen) atoms. The summed E-state index contributed by atoms with van der Waals surface area (Å²) >= 11 is 0. The van der Waals surface area contributed by atoms with Crippen LogP contribution in [0, 0.1) is 0 Å². The lowest BCUT2D eigenvalue weighted by molar-refractivity contribution is 0.0662. The minimum Gasteiger partial charge on any atom is -0.450 e. The van der Waals surface area contributed by atoms with Gasteiger partial charge in [0.2, 0.25) is 0 Å². The fourth-order valence-electron chi connectivity index (χ4n) is 2.73. The number of hydrogen-bond acceptors (Lipinski definition) is 2. The van der Waals surface area contributed by atoms with E-state index < -0.39 is 12.3 Å². The Hall–Kier alpha value is -2.29. The lowest BCUT2D eigenvalue weighted by atomic mass is 9.78. The van der Waals surface area contributed by atoms with Crippen LogP contribution in [0.25, 0.3) is 0 Å². The van der Waals surface area contributed by atoms with Gasteiger partial charge in [-0.2, -0.15) is 0 Å². The molecule has 0 aliphatic rings. The molecule has 0 aromatic heterocycles. The highest BCUT2D eigenvalue weighted by Gasteiger charge is 2.25. The Labute approximate surface area is 150 Å². The van der Waals surface area contributed by atoms with E-state index in [1.54, 1.807) is 0 Å². The Balaban J connectivity index is 2.65. The highest BCUT2D eigenvalue weighted by molar-refractivity contribution is 5.58. The van der Waals surface area contributed by atoms with Gasteiger partial charge in [0.1, 0.15) is 0 Å². The van der Waals surface area contributed by atoms with E-state index in [1.165, 1.54) is 11.1 Å². The average molecular weight is 340 g/mol. The molecule has 0 radical (unpaired) electrons. The lowest BCUT2D eigenvalue weighted by Gasteiger charge is -2.28. The fraction of sp³-hybridized carbons (Fsp3) is 0.409. The third-order valence-corrected chi connectivity index (χ3v) is 4.31. The molecule has 0 saturated heterocycles. The topological polar surface area (TPSA) is 46.5 Å². The average Bonchev–Trinajstić information content (AvgIpc) is 2.51. The van der Waals surface area contributed by atoms with Crippen molar-refractivity contribution >= 4 is 6.16 Å². The molecule has 1 unspecified atom stereocenters. The first kappa shape index (κ1) is 19.0. The molecule has 2 rings (SSSR count). The minimum absolute atomic E-state index is 0.0412. The predicted octanol–water partition coefficient (Wildman–Crippen LogP) is 6.07. The van der Waals surface area contributed by atoms with E-state index in [1.807, 2.05) is 30.3 Å². The molecule has 0 amide bonds. The Morgan fingerprint density at radius 1 is 0.840 bits per heavy atom. The Morgan fingerprint density at radius 3 is 1.72 bits per heavy atom. The quantitative estimate of drug-likeness (QED) is 0.690. The van der Waals surface area contributed by atoms with Gasteiger partial charge in [-0.3, -0.25) is 0 Å². The van der Waals surface area contributed by atoms with E-state index in [4.69, 9.17) is 4.74 Å². The SMILES string of the molecule is CC(C)(C)c1cc(C(OC(=O)O)c2ccccc2)cc(C(C)(C)C)c1. The van der Waals surface area contributed by atoms with Crippen molar-refractivity contribution in [3.05, 3.63) is 70.8 Å². The summed E-state index contributed by atoms with van der Waals surface area (Å²) < 4.78 is 5.27. The van der Waals surface area contributed by atoms with Crippen molar-refractivity contribution in [2.24, 2.45) is 0 Å². The lowest BCUT2D eigenvalue weighted by Crippen LogP contribution is -2.19. The highest BCUT2D eigenvalue weighted by Crippen LogP contribution is 2.35. The van der Waals surface area contributed by atoms with Gasteiger partial charge in [0, 0.05) is 0 Å². The van der Waals surface area contributed by atoms with Crippen molar-refractivity contribution in [2.45, 2.75) is 58.5 Å². The summed E-state index contributed by atoms with van der Waals surface area (Å²) in [7, 11) is 0. The van der Waals surface area contributed by atoms with Gasteiger partial charge in [-0.25, -0.2) is 4.79 Å². The minimum atomic E-state index is -1.27. The fourth-order valence-corrected chi connectivity index (χ4v) is 2.73. The van der Waals surface area contributed by atoms with Crippen LogP contribution in [0.3, 0.4) is 0 Å². The first-order chi connectivity index (χ1) is 11.5. The maximum absolute atomic E-state index is 11.3. The van der Waals surface area contributed by atoms with Gasteiger partial charge in [0.05, 0.1) is 0 Å². The van der Waals surface area contributed by atoms with E-state index >= 15 is 0 Å². The third kappa shape index (κ3) is 4.85. The van der Waals surface area contributed by atoms with Gasteiger partial charge >= 0.3 is 6.16 Å². The Kier molecular flexibility index (Phi) is 5.26. The largest absolute Gasteiger partial charge is 0.506 e. The number of carboxylic acid groups (broad SMARTS) is 1. The molecule has 3 heteroatoms. The Morgan fingerprint density at radius 2 is 1.32 bits per heavy atom. The van der Waals surface area contributed by atoms with Gasteiger partial charge in [0.25, 0.3) is 0 Å². The second-order valence-corrected chi connectivity index (χ2v) is 8.52. The third-order valence-electron chi connectivity index (χ3n) is 4.31. The van der Waals surface area contributed by atoms with Crippen LogP contribution in [0.5, 0.6) is 0 Å². The second-order valence-electron chi connectivity index (χ2n) is 8.52. The van der Waals surface area contributed by atoms with Gasteiger partial charge < -0.3 is 9.84 Å². The maximum Gasteiger partial charge on any atom is 0.506 e. The van der Waals surface area contributed by atoms with E-state index in [0.29, 0.717) is 0 Å². The maximum atomic E-state index is 11.3. The van der Waals surface area contributed by atoms with Crippen LogP contribution < -0.4 is 0 Å². The molecular weight excluding hydrogens is 312 g/mol. The standard InChI is InChI=1S/C22H28O3/c1-21(2,3)17-12-16(13-18(14-17)22(4,5)6)19(25-20(23)24)15-10-8-7-9-11-15/h7-14,19H,1-6H3,(H,23,24). The first-order valence-electron chi connectivity index (χ1n) is 8.59. The van der Waals surface area contributed by atoms with Crippen molar-refractivity contribution in [3.63, 3.8) is 0 Å². The molecule has 0 bridgehead atoms. The van der Waals surface area contributed by atoms with E-state index in [2.05, 4.69) is 59.7 Å². The molecule has 0 fully saturated rings. The molecule has 0 heterocycles. The molecule has 1 atom stereocenters. The van der Waals surface area contributed by atoms with E-state index in [-0.39, 0.29) is 10.8 Å². The summed E-state index contributed by atoms with van der Waals surface area (Å²) in [6.45, 7) is 13.0. The van der Waals surface area contributed by atoms with Crippen molar-refractivity contribution in [1.82, 2.24) is 0 Å². The van der Waals surface area contributed by atoms with Crippen LogP contribution >= 0.6 is 0 Å². The number of benzene rings is 2. The molecule has 0 saturated carbocycles. The molecular formula is C22H28O3. The van der Waals surface area contributed by atoms with Gasteiger partial charge in [-0.15, -0.1) is 0 Å². The molecule has 3 nitrogen and oxygen atoms in total. The van der Waals surface area contributed by atoms with Gasteiger partial charge in [-0.1, -0.05) is 90.1 Å². The molecule has 0 aliphatic carbocycles. The van der Waals surface area contributed by atoms with Crippen LogP contribution in [0.2, 0.25) is 0 Å². The van der Waals surface area contributed by atoms with Crippen molar-refractivity contribution in [3.8, 4) is 0 Å². The number of carbonyl (C=O) groups is 1. The zero-order valence-electron chi connectivity index (χ0n) is 16.0. The summed E-state index contributed by atoms with van der Waals surface area (Å²) in [5.41, 5.74) is 3.96. The van der Waals surface area contributed by atoms with E-state index in [9.17, 15) is 9.90 Å². The van der Waals surface area contributed by atoms with Crippen LogP contribution in [0.1, 0.15) is 69.9 Å². The van der Waals surface area contributed by atoms with Crippen LogP contribution in [0.4, 0.5) is 4.79 Å². The number of rotatable bonds is 3. The predicted molar refractivity (Wildman–Crippen MR) is 101 cm³/mol. The van der Waals surface area contributed by atoms with Crippen molar-refractivity contribution in [2.75, 3.05) is 0 Å². The summed E-state index contributed by atoms with van der Waals surface area (Å²) in [5.74, 6) is 0. The normalized spacial score (nSPS) is 13.4. The summed E-state index contributed by atoms with van der Waals surface area (Å²) in [6, 6.07) is 15.8. The monoisotopic (exact) mass is 340 g/mol. The van der Waals surface area contributed by atoms with Gasteiger partial charge in [-0.05, 0) is 33.1 Å². The highest BCUT2D eigenvalue weighted by atomic mass is 16.7. The van der Waals surface area contributed by atoms with E-state index in [0.717, 1.165) is 11.1 Å². The summed E-state index contributed by atoms with van der Waals surface area (Å²) in [4.78, 5) is 11.3. The van der Waals surface area contributed by atoms with Crippen LogP contribution in [0.15, 0.2) is 48.5 Å². The molecule has 2 aromatic rings. The zero-order chi connectivity index (χ0) is 18.8. The van der Waals surface area contributed by atoms with Crippen LogP contribution in [-0.2, 0) is 15.6 Å². The second kappa shape index (κ2) is 6.91. The number of ether oxygens (including phenoxy) is 1.